The van der Waals surface area contributed by atoms with Crippen molar-refractivity contribution in [3.63, 3.8) is 0 Å². The van der Waals surface area contributed by atoms with Crippen LogP contribution in [0.15, 0.2) is 118 Å². The van der Waals surface area contributed by atoms with E-state index in [1.165, 1.54) is 0 Å². The highest BCUT2D eigenvalue weighted by atomic mass is 32.2. The standard InChI is InChI=1S/C27H18N4OS.C4H8/c28-15-18-7-9-20(10-8-18)26-22-5-1-2-6-24(22)33-25-12-11-21(14-23(25)31-26)27(32)30-17-19-4-3-13-29-16-19;1-3-4-2/h1-14,16H,17H2,(H,30,32);3-4H,1-2H3/b;4-3-. The lowest BCUT2D eigenvalue weighted by Gasteiger charge is -2.09. The number of fused-ring (bicyclic) bond motifs is 2. The molecular weight excluding hydrogens is 476 g/mol. The number of rotatable bonds is 4. The van der Waals surface area contributed by atoms with E-state index in [9.17, 15) is 4.79 Å². The normalized spacial score (nSPS) is 11.6. The fourth-order valence-corrected chi connectivity index (χ4v) is 4.60. The number of amides is 1. The van der Waals surface area contributed by atoms with E-state index in [1.807, 2.05) is 86.7 Å². The number of aromatic nitrogens is 1. The Labute approximate surface area is 221 Å². The fraction of sp³-hybridized carbons (Fsp3) is 0.0968. The predicted molar refractivity (Wildman–Crippen MR) is 149 cm³/mol. The Morgan fingerprint density at radius 1 is 0.973 bits per heavy atom. The highest BCUT2D eigenvalue weighted by molar-refractivity contribution is 7.99. The van der Waals surface area contributed by atoms with Crippen LogP contribution >= 0.6 is 11.8 Å². The van der Waals surface area contributed by atoms with Crippen LogP contribution in [0.25, 0.3) is 0 Å². The van der Waals surface area contributed by atoms with Gasteiger partial charge in [-0.3, -0.25) is 9.78 Å². The average Bonchev–Trinajstić information content (AvgIpc) is 3.13. The maximum atomic E-state index is 12.8. The SMILES string of the molecule is C/C=C\C.N#Cc1ccc(C2=Nc3cc(C(=O)NCc4cccnc4)ccc3Sc3ccccc32)cc1. The first-order chi connectivity index (χ1) is 18.1. The maximum Gasteiger partial charge on any atom is 0.251 e. The molecule has 0 fully saturated rings. The lowest BCUT2D eigenvalue weighted by Crippen LogP contribution is -2.22. The van der Waals surface area contributed by atoms with Crippen molar-refractivity contribution in [1.82, 2.24) is 10.3 Å². The molecule has 1 aromatic heterocycles. The van der Waals surface area contributed by atoms with Crippen molar-refractivity contribution < 1.29 is 4.79 Å². The molecule has 1 aliphatic heterocycles. The van der Waals surface area contributed by atoms with E-state index in [4.69, 9.17) is 10.3 Å². The molecule has 3 aromatic carbocycles. The Kier molecular flexibility index (Phi) is 8.64. The number of hydrogen-bond acceptors (Lipinski definition) is 5. The molecule has 0 saturated heterocycles. The monoisotopic (exact) mass is 502 g/mol. The molecule has 0 bridgehead atoms. The van der Waals surface area contributed by atoms with E-state index in [0.29, 0.717) is 17.7 Å². The Balaban J connectivity index is 0.000000747. The third kappa shape index (κ3) is 6.40. The molecule has 1 amide bonds. The maximum absolute atomic E-state index is 12.8. The first-order valence-electron chi connectivity index (χ1n) is 11.9. The third-order valence-electron chi connectivity index (χ3n) is 5.61. The van der Waals surface area contributed by atoms with Crippen molar-refractivity contribution in [1.29, 1.82) is 5.26 Å². The zero-order chi connectivity index (χ0) is 26.0. The number of nitriles is 1. The summed E-state index contributed by atoms with van der Waals surface area (Å²) in [5, 5.41) is 12.1. The quantitative estimate of drug-likeness (QED) is 0.266. The van der Waals surface area contributed by atoms with Crippen LogP contribution in [0.3, 0.4) is 0 Å². The van der Waals surface area contributed by atoms with E-state index < -0.39 is 0 Å². The summed E-state index contributed by atoms with van der Waals surface area (Å²) in [5.41, 5.74) is 5.58. The van der Waals surface area contributed by atoms with Crippen LogP contribution < -0.4 is 5.32 Å². The number of carbonyl (C=O) groups excluding carboxylic acids is 1. The molecule has 0 saturated carbocycles. The summed E-state index contributed by atoms with van der Waals surface area (Å²) in [7, 11) is 0. The molecule has 1 aliphatic rings. The van der Waals surface area contributed by atoms with Gasteiger partial charge in [-0.15, -0.1) is 0 Å². The fourth-order valence-electron chi connectivity index (χ4n) is 3.59. The molecule has 182 valence electrons. The predicted octanol–water partition coefficient (Wildman–Crippen LogP) is 7.10. The van der Waals surface area contributed by atoms with Crippen LogP contribution in [0.5, 0.6) is 0 Å². The largest absolute Gasteiger partial charge is 0.348 e. The van der Waals surface area contributed by atoms with Crippen molar-refractivity contribution in [2.75, 3.05) is 0 Å². The number of pyridine rings is 1. The smallest absolute Gasteiger partial charge is 0.251 e. The lowest BCUT2D eigenvalue weighted by molar-refractivity contribution is 0.0951. The number of nitrogens with zero attached hydrogens (tertiary/aromatic N) is 3. The van der Waals surface area contributed by atoms with E-state index in [0.717, 1.165) is 37.9 Å². The zero-order valence-corrected chi connectivity index (χ0v) is 21.5. The van der Waals surface area contributed by atoms with Gasteiger partial charge in [0.15, 0.2) is 0 Å². The number of aliphatic imine (C=N–C) groups is 1. The van der Waals surface area contributed by atoms with E-state index >= 15 is 0 Å². The van der Waals surface area contributed by atoms with Crippen LogP contribution in [0.2, 0.25) is 0 Å². The van der Waals surface area contributed by atoms with Gasteiger partial charge in [-0.2, -0.15) is 5.26 Å². The molecule has 5 rings (SSSR count). The van der Waals surface area contributed by atoms with Gasteiger partial charge in [0.1, 0.15) is 0 Å². The first kappa shape index (κ1) is 25.6. The first-order valence-corrected chi connectivity index (χ1v) is 12.7. The topological polar surface area (TPSA) is 78.1 Å². The minimum Gasteiger partial charge on any atom is -0.348 e. The molecule has 0 radical (unpaired) electrons. The van der Waals surface area contributed by atoms with Crippen molar-refractivity contribution in [2.45, 2.75) is 30.2 Å². The van der Waals surface area contributed by atoms with Gasteiger partial charge in [0.2, 0.25) is 0 Å². The molecule has 4 aromatic rings. The van der Waals surface area contributed by atoms with Gasteiger partial charge in [0, 0.05) is 45.4 Å². The summed E-state index contributed by atoms with van der Waals surface area (Å²) in [6, 6.07) is 27.1. The number of allylic oxidation sites excluding steroid dienone is 2. The summed E-state index contributed by atoms with van der Waals surface area (Å²) in [4.78, 5) is 24.0. The highest BCUT2D eigenvalue weighted by Gasteiger charge is 2.20. The molecule has 37 heavy (non-hydrogen) atoms. The Morgan fingerprint density at radius 3 is 2.46 bits per heavy atom. The Bertz CT molecular complexity index is 1480. The van der Waals surface area contributed by atoms with Crippen LogP contribution in [0.1, 0.15) is 46.5 Å². The van der Waals surface area contributed by atoms with Crippen molar-refractivity contribution in [2.24, 2.45) is 4.99 Å². The second-order valence-electron chi connectivity index (χ2n) is 8.14. The van der Waals surface area contributed by atoms with E-state index in [-0.39, 0.29) is 5.91 Å². The number of benzene rings is 3. The second-order valence-corrected chi connectivity index (χ2v) is 9.22. The van der Waals surface area contributed by atoms with Gasteiger partial charge in [-0.05, 0) is 61.9 Å². The van der Waals surface area contributed by atoms with Gasteiger partial charge in [0.05, 0.1) is 23.0 Å². The summed E-state index contributed by atoms with van der Waals surface area (Å²) < 4.78 is 0. The van der Waals surface area contributed by atoms with Crippen LogP contribution in [-0.2, 0) is 6.54 Å². The average molecular weight is 503 g/mol. The molecule has 6 heteroatoms. The van der Waals surface area contributed by atoms with Crippen LogP contribution in [0, 0.1) is 11.3 Å². The van der Waals surface area contributed by atoms with Gasteiger partial charge < -0.3 is 5.32 Å². The summed E-state index contributed by atoms with van der Waals surface area (Å²) in [6.07, 6.45) is 7.44. The van der Waals surface area contributed by atoms with Gasteiger partial charge in [-0.25, -0.2) is 4.99 Å². The molecule has 0 atom stereocenters. The second kappa shape index (κ2) is 12.5. The minimum absolute atomic E-state index is 0.163. The summed E-state index contributed by atoms with van der Waals surface area (Å²) in [5.74, 6) is -0.163. The highest BCUT2D eigenvalue weighted by Crippen LogP contribution is 2.41. The van der Waals surface area contributed by atoms with Crippen molar-refractivity contribution >= 4 is 29.1 Å². The molecular formula is C31H26N4OS. The number of hydrogen-bond donors (Lipinski definition) is 1. The third-order valence-corrected chi connectivity index (χ3v) is 6.75. The number of carbonyl (C=O) groups is 1. The van der Waals surface area contributed by atoms with Gasteiger partial charge in [0.25, 0.3) is 5.91 Å². The summed E-state index contributed by atoms with van der Waals surface area (Å²) in [6.45, 7) is 4.41. The molecule has 0 aliphatic carbocycles. The molecule has 5 nitrogen and oxygen atoms in total. The summed E-state index contributed by atoms with van der Waals surface area (Å²) >= 11 is 1.63. The Hall–Kier alpha value is -4.47. The van der Waals surface area contributed by atoms with Gasteiger partial charge in [-0.1, -0.05) is 60.3 Å². The lowest BCUT2D eigenvalue weighted by atomic mass is 10.0. The van der Waals surface area contributed by atoms with E-state index in [1.54, 1.807) is 36.3 Å². The van der Waals surface area contributed by atoms with E-state index in [2.05, 4.69) is 22.4 Å². The van der Waals surface area contributed by atoms with Gasteiger partial charge >= 0.3 is 0 Å². The zero-order valence-electron chi connectivity index (χ0n) is 20.7. The number of nitrogens with one attached hydrogen (secondary N) is 1. The van der Waals surface area contributed by atoms with Crippen molar-refractivity contribution in [3.05, 3.63) is 131 Å². The van der Waals surface area contributed by atoms with Crippen LogP contribution in [-0.4, -0.2) is 16.6 Å². The Morgan fingerprint density at radius 2 is 1.76 bits per heavy atom. The van der Waals surface area contributed by atoms with Crippen LogP contribution in [0.4, 0.5) is 5.69 Å². The molecule has 2 heterocycles. The van der Waals surface area contributed by atoms with Crippen molar-refractivity contribution in [3.8, 4) is 6.07 Å². The molecule has 0 spiro atoms. The minimum atomic E-state index is -0.163. The molecule has 1 N–H and O–H groups in total. The molecule has 0 unspecified atom stereocenters.